The molecule has 1 aromatic heterocycles. The largest absolute Gasteiger partial charge is 1.00 e. The molecule has 7 heteroatoms. The topological polar surface area (TPSA) is 51.4 Å². The van der Waals surface area contributed by atoms with Crippen molar-refractivity contribution in [2.75, 3.05) is 19.5 Å². The van der Waals surface area contributed by atoms with Crippen molar-refractivity contribution >= 4 is 17.7 Å². The monoisotopic (exact) mass is 472 g/mol. The Hall–Kier alpha value is -3.19. The van der Waals surface area contributed by atoms with Crippen LogP contribution in [-0.4, -0.2) is 20.1 Å². The summed E-state index contributed by atoms with van der Waals surface area (Å²) in [4.78, 5) is 12.2. The zero-order valence-corrected chi connectivity index (χ0v) is 18.2. The van der Waals surface area contributed by atoms with Crippen LogP contribution in [0.1, 0.15) is 11.1 Å². The Bertz CT molecular complexity index is 1010. The van der Waals surface area contributed by atoms with E-state index in [1.807, 2.05) is 35.2 Å². The SMILES string of the molecule is COc1ccc(/C=C/C(=O)Nc2cc[n+](Cc3ccc(F)cc3)cc2)cc1OC.[Br-]. The highest BCUT2D eigenvalue weighted by molar-refractivity contribution is 6.01. The number of nitrogens with one attached hydrogen (secondary N) is 1. The standard InChI is InChI=1S/C23H21FN2O3.BrH/c1-28-21-9-5-17(15-22(21)29-2)6-10-23(27)25-20-11-13-26(14-12-20)16-18-3-7-19(24)8-4-18;/h3-15H,16H2,1-2H3;1H/b10-6+;. The van der Waals surface area contributed by atoms with E-state index in [0.29, 0.717) is 23.7 Å². The summed E-state index contributed by atoms with van der Waals surface area (Å²) in [5, 5.41) is 2.82. The maximum atomic E-state index is 13.0. The van der Waals surface area contributed by atoms with Crippen LogP contribution in [0.3, 0.4) is 0 Å². The van der Waals surface area contributed by atoms with Gasteiger partial charge in [0.05, 0.1) is 19.9 Å². The molecular weight excluding hydrogens is 451 g/mol. The molecule has 3 rings (SSSR count). The number of amides is 1. The van der Waals surface area contributed by atoms with Gasteiger partial charge in [0.15, 0.2) is 30.4 Å². The number of methoxy groups -OCH3 is 2. The molecule has 0 saturated carbocycles. The van der Waals surface area contributed by atoms with Crippen LogP contribution in [0.4, 0.5) is 10.1 Å². The van der Waals surface area contributed by atoms with Crippen LogP contribution in [0.2, 0.25) is 0 Å². The van der Waals surface area contributed by atoms with E-state index < -0.39 is 0 Å². The number of carbonyl (C=O) groups excluding carboxylic acids is 1. The smallest absolute Gasteiger partial charge is 0.248 e. The van der Waals surface area contributed by atoms with Crippen molar-refractivity contribution in [1.82, 2.24) is 0 Å². The van der Waals surface area contributed by atoms with Gasteiger partial charge in [0.25, 0.3) is 0 Å². The first kappa shape index (κ1) is 23.1. The molecule has 0 radical (unpaired) electrons. The molecule has 1 N–H and O–H groups in total. The van der Waals surface area contributed by atoms with E-state index >= 15 is 0 Å². The summed E-state index contributed by atoms with van der Waals surface area (Å²) in [6.07, 6.45) is 6.88. The third-order valence-electron chi connectivity index (χ3n) is 4.27. The Balaban J connectivity index is 0.00000320. The highest BCUT2D eigenvalue weighted by atomic mass is 79.9. The van der Waals surface area contributed by atoms with Crippen molar-refractivity contribution in [3.8, 4) is 11.5 Å². The van der Waals surface area contributed by atoms with Gasteiger partial charge in [0.2, 0.25) is 5.91 Å². The highest BCUT2D eigenvalue weighted by Gasteiger charge is 2.06. The minimum absolute atomic E-state index is 0. The Morgan fingerprint density at radius 1 is 1.00 bits per heavy atom. The zero-order valence-electron chi connectivity index (χ0n) is 16.6. The van der Waals surface area contributed by atoms with E-state index in [-0.39, 0.29) is 28.7 Å². The lowest BCUT2D eigenvalue weighted by Crippen LogP contribution is -3.00. The molecule has 0 unspecified atom stereocenters. The van der Waals surface area contributed by atoms with Crippen molar-refractivity contribution in [3.05, 3.63) is 90.0 Å². The second kappa shape index (κ2) is 11.1. The molecular formula is C23H22BrFN2O3. The van der Waals surface area contributed by atoms with Gasteiger partial charge in [-0.2, -0.15) is 0 Å². The van der Waals surface area contributed by atoms with Gasteiger partial charge >= 0.3 is 0 Å². The minimum atomic E-state index is -0.252. The molecule has 1 heterocycles. The van der Waals surface area contributed by atoms with E-state index in [0.717, 1.165) is 11.1 Å². The molecule has 0 bridgehead atoms. The van der Waals surface area contributed by atoms with Crippen molar-refractivity contribution in [2.45, 2.75) is 6.54 Å². The first-order chi connectivity index (χ1) is 14.1. The number of ether oxygens (including phenoxy) is 2. The molecule has 0 spiro atoms. The molecule has 0 atom stereocenters. The fourth-order valence-corrected chi connectivity index (χ4v) is 2.76. The van der Waals surface area contributed by atoms with Gasteiger partial charge in [-0.1, -0.05) is 6.07 Å². The van der Waals surface area contributed by atoms with E-state index in [9.17, 15) is 9.18 Å². The minimum Gasteiger partial charge on any atom is -1.00 e. The van der Waals surface area contributed by atoms with Crippen LogP contribution in [0.15, 0.2) is 73.1 Å². The van der Waals surface area contributed by atoms with Crippen LogP contribution < -0.4 is 36.3 Å². The summed E-state index contributed by atoms with van der Waals surface area (Å²) in [5.41, 5.74) is 2.50. The lowest BCUT2D eigenvalue weighted by molar-refractivity contribution is -0.688. The van der Waals surface area contributed by atoms with Crippen molar-refractivity contribution in [3.63, 3.8) is 0 Å². The van der Waals surface area contributed by atoms with E-state index in [1.54, 1.807) is 44.6 Å². The van der Waals surface area contributed by atoms with Crippen LogP contribution in [-0.2, 0) is 11.3 Å². The van der Waals surface area contributed by atoms with Gasteiger partial charge in [0.1, 0.15) is 5.82 Å². The predicted molar refractivity (Wildman–Crippen MR) is 109 cm³/mol. The van der Waals surface area contributed by atoms with Gasteiger partial charge < -0.3 is 31.8 Å². The second-order valence-corrected chi connectivity index (χ2v) is 6.32. The third-order valence-corrected chi connectivity index (χ3v) is 4.27. The number of pyridine rings is 1. The van der Waals surface area contributed by atoms with Crippen molar-refractivity contribution < 1.29 is 40.2 Å². The first-order valence-electron chi connectivity index (χ1n) is 9.02. The number of halogens is 2. The molecule has 0 aliphatic carbocycles. The molecule has 0 aliphatic rings. The van der Waals surface area contributed by atoms with Gasteiger partial charge in [-0.15, -0.1) is 0 Å². The molecule has 3 aromatic rings. The summed E-state index contributed by atoms with van der Waals surface area (Å²) >= 11 is 0. The van der Waals surface area contributed by atoms with Gasteiger partial charge in [-0.25, -0.2) is 8.96 Å². The van der Waals surface area contributed by atoms with Crippen LogP contribution in [0.5, 0.6) is 11.5 Å². The molecule has 5 nitrogen and oxygen atoms in total. The predicted octanol–water partition coefficient (Wildman–Crippen LogP) is 0.835. The van der Waals surface area contributed by atoms with Gasteiger partial charge in [0, 0.05) is 23.8 Å². The summed E-state index contributed by atoms with van der Waals surface area (Å²) in [6.45, 7) is 0.619. The molecule has 30 heavy (non-hydrogen) atoms. The second-order valence-electron chi connectivity index (χ2n) is 6.32. The van der Waals surface area contributed by atoms with Crippen molar-refractivity contribution in [2.24, 2.45) is 0 Å². The molecule has 0 aliphatic heterocycles. The number of hydrogen-bond acceptors (Lipinski definition) is 3. The number of anilines is 1. The van der Waals surface area contributed by atoms with Gasteiger partial charge in [-0.05, 0) is 48.0 Å². The average molecular weight is 473 g/mol. The molecule has 156 valence electrons. The summed E-state index contributed by atoms with van der Waals surface area (Å²) in [7, 11) is 3.14. The Kier molecular flexibility index (Phi) is 8.55. The number of rotatable bonds is 7. The first-order valence-corrected chi connectivity index (χ1v) is 9.02. The van der Waals surface area contributed by atoms with E-state index in [4.69, 9.17) is 9.47 Å². The molecule has 1 amide bonds. The Morgan fingerprint density at radius 2 is 1.67 bits per heavy atom. The molecule has 2 aromatic carbocycles. The molecule has 0 saturated heterocycles. The molecule has 0 fully saturated rings. The lowest BCUT2D eigenvalue weighted by Gasteiger charge is -2.07. The normalized spacial score (nSPS) is 10.4. The number of aromatic nitrogens is 1. The lowest BCUT2D eigenvalue weighted by atomic mass is 10.2. The Labute approximate surface area is 185 Å². The number of carbonyl (C=O) groups is 1. The van der Waals surface area contributed by atoms with Crippen LogP contribution >= 0.6 is 0 Å². The fraction of sp³-hybridized carbons (Fsp3) is 0.130. The van der Waals surface area contributed by atoms with Crippen LogP contribution in [0, 0.1) is 5.82 Å². The summed E-state index contributed by atoms with van der Waals surface area (Å²) in [6, 6.07) is 15.4. The zero-order chi connectivity index (χ0) is 20.6. The number of benzene rings is 2. The highest BCUT2D eigenvalue weighted by Crippen LogP contribution is 2.27. The maximum Gasteiger partial charge on any atom is 0.248 e. The average Bonchev–Trinajstić information content (AvgIpc) is 2.75. The fourth-order valence-electron chi connectivity index (χ4n) is 2.76. The van der Waals surface area contributed by atoms with E-state index in [1.165, 1.54) is 18.2 Å². The quantitative estimate of drug-likeness (QED) is 0.409. The summed E-state index contributed by atoms with van der Waals surface area (Å²) in [5.74, 6) is 0.741. The van der Waals surface area contributed by atoms with E-state index in [2.05, 4.69) is 5.32 Å². The Morgan fingerprint density at radius 3 is 2.30 bits per heavy atom. The number of nitrogens with zero attached hydrogens (tertiary/aromatic N) is 1. The van der Waals surface area contributed by atoms with Crippen LogP contribution in [0.25, 0.3) is 6.08 Å². The van der Waals surface area contributed by atoms with Crippen molar-refractivity contribution in [1.29, 1.82) is 0 Å². The number of hydrogen-bond donors (Lipinski definition) is 1. The van der Waals surface area contributed by atoms with Gasteiger partial charge in [-0.3, -0.25) is 4.79 Å². The maximum absolute atomic E-state index is 13.0. The summed E-state index contributed by atoms with van der Waals surface area (Å²) < 4.78 is 25.4. The third kappa shape index (κ3) is 6.42.